The fourth-order valence-corrected chi connectivity index (χ4v) is 5.78. The Hall–Kier alpha value is -3.64. The van der Waals surface area contributed by atoms with Gasteiger partial charge in [-0.1, -0.05) is 48.5 Å². The molecule has 38 heavy (non-hydrogen) atoms. The summed E-state index contributed by atoms with van der Waals surface area (Å²) in [4.78, 5) is 29.7. The van der Waals surface area contributed by atoms with Gasteiger partial charge in [0.05, 0.1) is 5.41 Å². The van der Waals surface area contributed by atoms with Crippen LogP contribution in [0.4, 0.5) is 5.69 Å². The van der Waals surface area contributed by atoms with Crippen LogP contribution < -0.4 is 10.1 Å². The van der Waals surface area contributed by atoms with Crippen molar-refractivity contribution in [3.8, 4) is 5.75 Å². The molecule has 2 aliphatic heterocycles. The summed E-state index contributed by atoms with van der Waals surface area (Å²) in [5, 5.41) is 3.08. The molecule has 3 aromatic rings. The van der Waals surface area contributed by atoms with E-state index in [1.165, 1.54) is 0 Å². The van der Waals surface area contributed by atoms with Crippen LogP contribution >= 0.6 is 0 Å². The van der Waals surface area contributed by atoms with Gasteiger partial charge in [0.1, 0.15) is 12.4 Å². The third kappa shape index (κ3) is 5.18. The summed E-state index contributed by atoms with van der Waals surface area (Å²) in [5.41, 5.74) is 4.74. The van der Waals surface area contributed by atoms with E-state index in [0.717, 1.165) is 72.6 Å². The largest absolute Gasteiger partial charge is 0.492 e. The van der Waals surface area contributed by atoms with Crippen molar-refractivity contribution in [2.24, 2.45) is 0 Å². The Labute approximate surface area is 225 Å². The number of nitrogens with one attached hydrogen (secondary N) is 1. The van der Waals surface area contributed by atoms with Crippen molar-refractivity contribution in [3.05, 3.63) is 95.1 Å². The van der Waals surface area contributed by atoms with Crippen LogP contribution in [0.3, 0.4) is 0 Å². The van der Waals surface area contributed by atoms with Crippen LogP contribution in [-0.4, -0.2) is 60.9 Å². The first kappa shape index (κ1) is 26.0. The van der Waals surface area contributed by atoms with Crippen LogP contribution in [-0.2, 0) is 16.6 Å². The number of carbonyl (C=O) groups is 2. The molecule has 3 aromatic carbocycles. The van der Waals surface area contributed by atoms with Crippen molar-refractivity contribution in [1.82, 2.24) is 9.80 Å². The van der Waals surface area contributed by atoms with Crippen molar-refractivity contribution < 1.29 is 14.3 Å². The SMILES string of the molecule is CCN(CC)C(=O)c1ccc(Cc2ccccc2OCCN2CCC3(CC2)C(=O)Nc2ccccc23)cc1. The van der Waals surface area contributed by atoms with Gasteiger partial charge < -0.3 is 15.0 Å². The molecule has 0 bridgehead atoms. The summed E-state index contributed by atoms with van der Waals surface area (Å²) >= 11 is 0. The number of hydrogen-bond acceptors (Lipinski definition) is 4. The quantitative estimate of drug-likeness (QED) is 0.433. The van der Waals surface area contributed by atoms with E-state index in [4.69, 9.17) is 4.74 Å². The minimum atomic E-state index is -0.383. The second-order valence-electron chi connectivity index (χ2n) is 10.2. The fourth-order valence-electron chi connectivity index (χ4n) is 5.78. The summed E-state index contributed by atoms with van der Waals surface area (Å²) in [5.74, 6) is 1.12. The van der Waals surface area contributed by atoms with E-state index in [1.807, 2.05) is 79.4 Å². The number of likely N-dealkylation sites (tertiary alicyclic amines) is 1. The van der Waals surface area contributed by atoms with E-state index in [0.29, 0.717) is 19.7 Å². The molecule has 1 fully saturated rings. The molecule has 0 unspecified atom stereocenters. The zero-order valence-corrected chi connectivity index (χ0v) is 22.4. The molecule has 0 atom stereocenters. The lowest BCUT2D eigenvalue weighted by Crippen LogP contribution is -2.47. The molecule has 6 heteroatoms. The number of rotatable bonds is 9. The topological polar surface area (TPSA) is 61.9 Å². The molecule has 2 heterocycles. The van der Waals surface area contributed by atoms with Crippen LogP contribution in [0.5, 0.6) is 5.75 Å². The lowest BCUT2D eigenvalue weighted by atomic mass is 9.74. The minimum Gasteiger partial charge on any atom is -0.492 e. The summed E-state index contributed by atoms with van der Waals surface area (Å²) < 4.78 is 6.25. The number of nitrogens with zero attached hydrogens (tertiary/aromatic N) is 2. The maximum atomic E-state index is 12.8. The first-order chi connectivity index (χ1) is 18.5. The molecule has 198 valence electrons. The molecule has 0 saturated carbocycles. The van der Waals surface area contributed by atoms with E-state index in [1.54, 1.807) is 0 Å². The highest BCUT2D eigenvalue weighted by atomic mass is 16.5. The van der Waals surface area contributed by atoms with Crippen LogP contribution in [0.15, 0.2) is 72.8 Å². The monoisotopic (exact) mass is 511 g/mol. The van der Waals surface area contributed by atoms with Crippen LogP contribution in [0.2, 0.25) is 0 Å². The second-order valence-corrected chi connectivity index (χ2v) is 10.2. The molecule has 1 N–H and O–H groups in total. The number of amides is 2. The fraction of sp³-hybridized carbons (Fsp3) is 0.375. The van der Waals surface area contributed by atoms with Crippen molar-refractivity contribution in [3.63, 3.8) is 0 Å². The van der Waals surface area contributed by atoms with Crippen molar-refractivity contribution >= 4 is 17.5 Å². The van der Waals surface area contributed by atoms with Gasteiger partial charge in [-0.3, -0.25) is 14.5 Å². The van der Waals surface area contributed by atoms with Crippen LogP contribution in [0, 0.1) is 0 Å². The first-order valence-corrected chi connectivity index (χ1v) is 13.8. The van der Waals surface area contributed by atoms with Crippen molar-refractivity contribution in [2.75, 3.05) is 44.6 Å². The molecular weight excluding hydrogens is 474 g/mol. The summed E-state index contributed by atoms with van der Waals surface area (Å²) in [7, 11) is 0. The molecule has 1 saturated heterocycles. The van der Waals surface area contributed by atoms with Gasteiger partial charge in [-0.05, 0) is 80.7 Å². The summed E-state index contributed by atoms with van der Waals surface area (Å²) in [6, 6.07) is 24.2. The number of piperidine rings is 1. The highest BCUT2D eigenvalue weighted by Crippen LogP contribution is 2.44. The number of benzene rings is 3. The molecule has 5 rings (SSSR count). The van der Waals surface area contributed by atoms with Crippen LogP contribution in [0.1, 0.15) is 53.7 Å². The predicted molar refractivity (Wildman–Crippen MR) is 151 cm³/mol. The highest BCUT2D eigenvalue weighted by molar-refractivity contribution is 6.06. The third-order valence-electron chi connectivity index (χ3n) is 8.12. The average Bonchev–Trinajstić information content (AvgIpc) is 3.22. The van der Waals surface area contributed by atoms with E-state index in [2.05, 4.69) is 22.3 Å². The Morgan fingerprint density at radius 1 is 0.947 bits per heavy atom. The Balaban J connectivity index is 1.15. The van der Waals surface area contributed by atoms with Crippen molar-refractivity contribution in [2.45, 2.75) is 38.5 Å². The Morgan fingerprint density at radius 3 is 2.37 bits per heavy atom. The molecule has 0 aromatic heterocycles. The lowest BCUT2D eigenvalue weighted by Gasteiger charge is -2.37. The van der Waals surface area contributed by atoms with Gasteiger partial charge in [-0.15, -0.1) is 0 Å². The molecule has 1 spiro atoms. The first-order valence-electron chi connectivity index (χ1n) is 13.8. The number of hydrogen-bond donors (Lipinski definition) is 1. The summed E-state index contributed by atoms with van der Waals surface area (Å²) in [6.45, 7) is 8.62. The van der Waals surface area contributed by atoms with E-state index >= 15 is 0 Å². The van der Waals surface area contributed by atoms with Crippen molar-refractivity contribution in [1.29, 1.82) is 0 Å². The van der Waals surface area contributed by atoms with Gasteiger partial charge in [0, 0.05) is 37.3 Å². The molecule has 2 amide bonds. The average molecular weight is 512 g/mol. The van der Waals surface area contributed by atoms with Gasteiger partial charge in [-0.25, -0.2) is 0 Å². The molecule has 6 nitrogen and oxygen atoms in total. The van der Waals surface area contributed by atoms with Gasteiger partial charge in [-0.2, -0.15) is 0 Å². The molecule has 0 aliphatic carbocycles. The smallest absolute Gasteiger partial charge is 0.253 e. The Morgan fingerprint density at radius 2 is 1.63 bits per heavy atom. The Bertz CT molecular complexity index is 1280. The predicted octanol–water partition coefficient (Wildman–Crippen LogP) is 5.12. The molecule has 2 aliphatic rings. The number of para-hydroxylation sites is 2. The van der Waals surface area contributed by atoms with Gasteiger partial charge in [0.25, 0.3) is 5.91 Å². The molecule has 0 radical (unpaired) electrons. The maximum absolute atomic E-state index is 12.8. The van der Waals surface area contributed by atoms with E-state index in [-0.39, 0.29) is 17.2 Å². The van der Waals surface area contributed by atoms with E-state index in [9.17, 15) is 9.59 Å². The second kappa shape index (κ2) is 11.4. The Kier molecular flexibility index (Phi) is 7.79. The highest BCUT2D eigenvalue weighted by Gasteiger charge is 2.48. The van der Waals surface area contributed by atoms with Gasteiger partial charge in [0.15, 0.2) is 0 Å². The third-order valence-corrected chi connectivity index (χ3v) is 8.12. The number of ether oxygens (including phenoxy) is 1. The molecular formula is C32H37N3O3. The minimum absolute atomic E-state index is 0.0756. The zero-order chi connectivity index (χ0) is 26.5. The van der Waals surface area contributed by atoms with Gasteiger partial charge >= 0.3 is 0 Å². The van der Waals surface area contributed by atoms with Gasteiger partial charge in [0.2, 0.25) is 5.91 Å². The zero-order valence-electron chi connectivity index (χ0n) is 22.4. The standard InChI is InChI=1S/C32H37N3O3/c1-3-35(4-2)30(36)25-15-13-24(14-16-25)23-26-9-5-8-12-29(26)38-22-21-34-19-17-32(18-20-34)27-10-6-7-11-28(27)33-31(32)37/h5-16H,3-4,17-23H2,1-2H3,(H,33,37). The lowest BCUT2D eigenvalue weighted by molar-refractivity contribution is -0.122. The van der Waals surface area contributed by atoms with E-state index < -0.39 is 0 Å². The maximum Gasteiger partial charge on any atom is 0.253 e. The normalized spacial score (nSPS) is 16.2. The summed E-state index contributed by atoms with van der Waals surface area (Å²) in [6.07, 6.45) is 2.41. The van der Waals surface area contributed by atoms with Crippen LogP contribution in [0.25, 0.3) is 0 Å². The number of fused-ring (bicyclic) bond motifs is 2. The number of carbonyl (C=O) groups excluding carboxylic acids is 2. The number of anilines is 1.